The minimum absolute atomic E-state index is 0.285. The Labute approximate surface area is 234 Å². The van der Waals surface area contributed by atoms with E-state index in [1.807, 2.05) is 0 Å². The summed E-state index contributed by atoms with van der Waals surface area (Å²) in [6, 6.07) is -1.06. The summed E-state index contributed by atoms with van der Waals surface area (Å²) in [4.78, 5) is 12.3. The molecule has 0 aromatic heterocycles. The number of unbranched alkanes of at least 4 members (excludes halogenated alkanes) is 14. The van der Waals surface area contributed by atoms with Crippen LogP contribution in [0.2, 0.25) is 0 Å². The molecule has 0 saturated heterocycles. The Morgan fingerprint density at radius 1 is 0.711 bits per heavy atom. The van der Waals surface area contributed by atoms with Crippen LogP contribution < -0.4 is 5.32 Å². The molecule has 7 heteroatoms. The first-order valence-corrected chi connectivity index (χ1v) is 16.8. The van der Waals surface area contributed by atoms with Crippen molar-refractivity contribution in [3.63, 3.8) is 0 Å². The van der Waals surface area contributed by atoms with Gasteiger partial charge in [0.25, 0.3) is 10.1 Å². The molecule has 1 amide bonds. The molecule has 0 radical (unpaired) electrons. The molecule has 0 spiro atoms. The fourth-order valence-electron chi connectivity index (χ4n) is 4.24. The van der Waals surface area contributed by atoms with Crippen LogP contribution >= 0.6 is 0 Å². The van der Waals surface area contributed by atoms with Gasteiger partial charge < -0.3 is 10.4 Å². The molecule has 38 heavy (non-hydrogen) atoms. The zero-order valence-electron chi connectivity index (χ0n) is 24.3. The van der Waals surface area contributed by atoms with Gasteiger partial charge in [0.05, 0.1) is 17.9 Å². The Bertz CT molecular complexity index is 745. The van der Waals surface area contributed by atoms with E-state index in [0.29, 0.717) is 0 Å². The summed E-state index contributed by atoms with van der Waals surface area (Å²) < 4.78 is 31.9. The fraction of sp³-hybridized carbons (Fsp3) is 0.774. The quantitative estimate of drug-likeness (QED) is 0.0573. The molecule has 0 aliphatic rings. The molecular formula is C31H57NO5S. The first-order valence-electron chi connectivity index (χ1n) is 15.2. The summed E-state index contributed by atoms with van der Waals surface area (Å²) in [6.45, 7) is 4.34. The van der Waals surface area contributed by atoms with Crippen molar-refractivity contribution in [1.82, 2.24) is 5.32 Å². The summed E-state index contributed by atoms with van der Waals surface area (Å²) in [6.07, 6.45) is 31.7. The maximum atomic E-state index is 12.3. The number of aliphatic hydroxyl groups is 1. The third kappa shape index (κ3) is 26.2. The van der Waals surface area contributed by atoms with Crippen LogP contribution in [0.15, 0.2) is 36.5 Å². The molecule has 6 nitrogen and oxygen atoms in total. The second-order valence-corrected chi connectivity index (χ2v) is 11.9. The second-order valence-electron chi connectivity index (χ2n) is 10.4. The summed E-state index contributed by atoms with van der Waals surface area (Å²) >= 11 is 0. The summed E-state index contributed by atoms with van der Waals surface area (Å²) in [5.41, 5.74) is 0. The van der Waals surface area contributed by atoms with Crippen LogP contribution in [-0.2, 0) is 14.9 Å². The lowest BCUT2D eigenvalue weighted by atomic mass is 10.1. The van der Waals surface area contributed by atoms with Crippen molar-refractivity contribution in [2.45, 2.75) is 148 Å². The second kappa shape index (κ2) is 25.8. The van der Waals surface area contributed by atoms with Gasteiger partial charge in [0.1, 0.15) is 0 Å². The van der Waals surface area contributed by atoms with Crippen molar-refractivity contribution in [2.24, 2.45) is 0 Å². The number of hydrogen-bond donors (Lipinski definition) is 3. The van der Waals surface area contributed by atoms with Gasteiger partial charge in [-0.1, -0.05) is 115 Å². The SMILES string of the molecule is CCCCC/C=C/C(O)C(CS(=O)(=O)O)NC(=O)CCCCCCCCC/C=C\C/C=C\CCCCCC. The molecule has 0 aromatic carbocycles. The van der Waals surface area contributed by atoms with Crippen molar-refractivity contribution in [3.05, 3.63) is 36.5 Å². The number of allylic oxidation sites excluding steroid dienone is 5. The van der Waals surface area contributed by atoms with Crippen LogP contribution in [0.5, 0.6) is 0 Å². The molecule has 0 aliphatic heterocycles. The van der Waals surface area contributed by atoms with Gasteiger partial charge in [-0.3, -0.25) is 9.35 Å². The van der Waals surface area contributed by atoms with Crippen LogP contribution in [0.4, 0.5) is 0 Å². The van der Waals surface area contributed by atoms with Crippen LogP contribution in [0.1, 0.15) is 136 Å². The Morgan fingerprint density at radius 3 is 1.76 bits per heavy atom. The normalized spacial score (nSPS) is 14.1. The van der Waals surface area contributed by atoms with Gasteiger partial charge in [0.15, 0.2) is 0 Å². The van der Waals surface area contributed by atoms with Gasteiger partial charge in [0, 0.05) is 6.42 Å². The molecule has 0 saturated carbocycles. The van der Waals surface area contributed by atoms with E-state index in [9.17, 15) is 22.9 Å². The van der Waals surface area contributed by atoms with Gasteiger partial charge in [-0.2, -0.15) is 8.42 Å². The molecule has 0 bridgehead atoms. The van der Waals surface area contributed by atoms with E-state index >= 15 is 0 Å². The predicted molar refractivity (Wildman–Crippen MR) is 161 cm³/mol. The molecule has 0 fully saturated rings. The Morgan fingerprint density at radius 2 is 1.18 bits per heavy atom. The van der Waals surface area contributed by atoms with Crippen LogP contribution in [0, 0.1) is 0 Å². The average Bonchev–Trinajstić information content (AvgIpc) is 2.86. The van der Waals surface area contributed by atoms with Crippen molar-refractivity contribution in [2.75, 3.05) is 5.75 Å². The maximum Gasteiger partial charge on any atom is 0.267 e. The molecule has 3 N–H and O–H groups in total. The van der Waals surface area contributed by atoms with Gasteiger partial charge in [-0.25, -0.2) is 0 Å². The van der Waals surface area contributed by atoms with E-state index in [1.54, 1.807) is 6.08 Å². The molecular weight excluding hydrogens is 498 g/mol. The van der Waals surface area contributed by atoms with Crippen molar-refractivity contribution in [1.29, 1.82) is 0 Å². The Balaban J connectivity index is 3.91. The summed E-state index contributed by atoms with van der Waals surface area (Å²) in [5.74, 6) is -1.00. The highest BCUT2D eigenvalue weighted by molar-refractivity contribution is 7.85. The number of aliphatic hydroxyl groups excluding tert-OH is 1. The molecule has 0 aliphatic carbocycles. The van der Waals surface area contributed by atoms with E-state index < -0.39 is 28.0 Å². The predicted octanol–water partition coefficient (Wildman–Crippen LogP) is 7.84. The van der Waals surface area contributed by atoms with E-state index in [0.717, 1.165) is 64.2 Å². The van der Waals surface area contributed by atoms with E-state index in [1.165, 1.54) is 57.4 Å². The standard InChI is InChI=1S/C31H57NO5S/c1-3-5-7-9-10-11-12-13-14-15-16-17-18-19-20-21-23-25-27-31(34)32-29(28-38(35,36)37)30(33)26-24-22-8-6-4-2/h11-12,14-15,24,26,29-30,33H,3-10,13,16-23,25,27-28H2,1-2H3,(H,32,34)(H,35,36,37)/b12-11-,15-14-,26-24+. The van der Waals surface area contributed by atoms with Crippen LogP contribution in [0.25, 0.3) is 0 Å². The van der Waals surface area contributed by atoms with Gasteiger partial charge in [-0.05, 0) is 51.4 Å². The largest absolute Gasteiger partial charge is 0.387 e. The number of carbonyl (C=O) groups excluding carboxylic acids is 1. The summed E-state index contributed by atoms with van der Waals surface area (Å²) in [5, 5.41) is 12.9. The number of rotatable bonds is 26. The molecule has 2 unspecified atom stereocenters. The highest BCUT2D eigenvalue weighted by Gasteiger charge is 2.24. The smallest absolute Gasteiger partial charge is 0.267 e. The van der Waals surface area contributed by atoms with Crippen molar-refractivity contribution in [3.8, 4) is 0 Å². The van der Waals surface area contributed by atoms with Gasteiger partial charge in [0.2, 0.25) is 5.91 Å². The van der Waals surface area contributed by atoms with E-state index in [2.05, 4.69) is 43.5 Å². The minimum Gasteiger partial charge on any atom is -0.387 e. The lowest BCUT2D eigenvalue weighted by Gasteiger charge is -2.21. The molecule has 0 heterocycles. The molecule has 0 aromatic rings. The van der Waals surface area contributed by atoms with Crippen LogP contribution in [-0.4, -0.2) is 41.9 Å². The Kier molecular flexibility index (Phi) is 24.8. The van der Waals surface area contributed by atoms with Crippen molar-refractivity contribution >= 4 is 16.0 Å². The number of carbonyl (C=O) groups is 1. The minimum atomic E-state index is -4.32. The number of nitrogens with one attached hydrogen (secondary N) is 1. The van der Waals surface area contributed by atoms with Gasteiger partial charge >= 0.3 is 0 Å². The third-order valence-electron chi connectivity index (χ3n) is 6.56. The first kappa shape index (κ1) is 36.6. The number of hydrogen-bond acceptors (Lipinski definition) is 4. The van der Waals surface area contributed by atoms with Gasteiger partial charge in [-0.15, -0.1) is 0 Å². The zero-order chi connectivity index (χ0) is 28.3. The lowest BCUT2D eigenvalue weighted by molar-refractivity contribution is -0.122. The average molecular weight is 556 g/mol. The Hall–Kier alpha value is -1.44. The molecule has 0 rings (SSSR count). The van der Waals surface area contributed by atoms with Crippen molar-refractivity contribution < 1.29 is 22.9 Å². The van der Waals surface area contributed by atoms with Crippen LogP contribution in [0.3, 0.4) is 0 Å². The summed E-state index contributed by atoms with van der Waals surface area (Å²) in [7, 11) is -4.32. The number of amides is 1. The highest BCUT2D eigenvalue weighted by Crippen LogP contribution is 2.11. The molecule has 222 valence electrons. The topological polar surface area (TPSA) is 104 Å². The monoisotopic (exact) mass is 555 g/mol. The maximum absolute atomic E-state index is 12.3. The highest BCUT2D eigenvalue weighted by atomic mass is 32.2. The fourth-order valence-corrected chi connectivity index (χ4v) is 4.98. The third-order valence-corrected chi connectivity index (χ3v) is 7.34. The molecule has 2 atom stereocenters. The van der Waals surface area contributed by atoms with E-state index in [-0.39, 0.29) is 12.3 Å². The first-order chi connectivity index (χ1) is 18.3. The van der Waals surface area contributed by atoms with E-state index in [4.69, 9.17) is 0 Å². The zero-order valence-corrected chi connectivity index (χ0v) is 25.1. The lowest BCUT2D eigenvalue weighted by Crippen LogP contribution is -2.46.